The summed E-state index contributed by atoms with van der Waals surface area (Å²) < 4.78 is 0. The first-order chi connectivity index (χ1) is 9.43. The van der Waals surface area contributed by atoms with Gasteiger partial charge in [0.1, 0.15) is 17.8 Å². The molecule has 2 aromatic heterocycles. The van der Waals surface area contributed by atoms with E-state index in [4.69, 9.17) is 0 Å². The van der Waals surface area contributed by atoms with Gasteiger partial charge in [-0.1, -0.05) is 6.08 Å². The van der Waals surface area contributed by atoms with Crippen LogP contribution in [0.3, 0.4) is 0 Å². The maximum absolute atomic E-state index is 4.53. The summed E-state index contributed by atoms with van der Waals surface area (Å²) in [6.45, 7) is 3.22. The van der Waals surface area contributed by atoms with Crippen LogP contribution in [0, 0.1) is 0 Å². The summed E-state index contributed by atoms with van der Waals surface area (Å²) in [6, 6.07) is 0. The lowest BCUT2D eigenvalue weighted by Gasteiger charge is -2.17. The van der Waals surface area contributed by atoms with Gasteiger partial charge >= 0.3 is 0 Å². The lowest BCUT2D eigenvalue weighted by Crippen LogP contribution is -2.19. The van der Waals surface area contributed by atoms with Crippen LogP contribution in [-0.2, 0) is 0 Å². The summed E-state index contributed by atoms with van der Waals surface area (Å²) in [4.78, 5) is 14.5. The molecular weight excluding hydrogens is 238 g/mol. The van der Waals surface area contributed by atoms with Gasteiger partial charge in [0.2, 0.25) is 0 Å². The van der Waals surface area contributed by atoms with Crippen LogP contribution in [0.2, 0.25) is 0 Å². The first-order valence-electron chi connectivity index (χ1n) is 6.95. The zero-order chi connectivity index (χ0) is 12.7. The van der Waals surface area contributed by atoms with Crippen molar-refractivity contribution in [3.8, 4) is 0 Å². The maximum atomic E-state index is 4.53. The van der Waals surface area contributed by atoms with Gasteiger partial charge in [-0.2, -0.15) is 0 Å². The highest BCUT2D eigenvalue weighted by atomic mass is 15.2. The normalized spacial score (nSPS) is 18.9. The van der Waals surface area contributed by atoms with E-state index >= 15 is 0 Å². The highest BCUT2D eigenvalue weighted by Gasteiger charge is 2.21. The van der Waals surface area contributed by atoms with Crippen molar-refractivity contribution in [3.05, 3.63) is 24.2 Å². The fourth-order valence-electron chi connectivity index (χ4n) is 3.03. The Kier molecular flexibility index (Phi) is 2.43. The maximum Gasteiger partial charge on any atom is 0.143 e. The smallest absolute Gasteiger partial charge is 0.143 e. The predicted octanol–water partition coefficient (Wildman–Crippen LogP) is 1.89. The minimum atomic E-state index is 0.932. The van der Waals surface area contributed by atoms with Crippen LogP contribution in [0.1, 0.15) is 24.8 Å². The van der Waals surface area contributed by atoms with E-state index in [1.807, 2.05) is 6.20 Å². The molecule has 0 spiro atoms. The van der Waals surface area contributed by atoms with Gasteiger partial charge < -0.3 is 15.2 Å². The fraction of sp³-hybridized carbons (Fsp3) is 0.429. The number of aromatic amines is 1. The number of aromatic nitrogens is 3. The van der Waals surface area contributed by atoms with Crippen molar-refractivity contribution in [1.29, 1.82) is 0 Å². The summed E-state index contributed by atoms with van der Waals surface area (Å²) in [7, 11) is 0. The fourth-order valence-corrected chi connectivity index (χ4v) is 3.03. The summed E-state index contributed by atoms with van der Waals surface area (Å²) in [6.07, 6.45) is 9.56. The Hall–Kier alpha value is -2.04. The second-order valence-corrected chi connectivity index (χ2v) is 5.15. The average Bonchev–Trinajstić information content (AvgIpc) is 3.18. The molecule has 2 aromatic rings. The monoisotopic (exact) mass is 255 g/mol. The van der Waals surface area contributed by atoms with E-state index in [1.165, 1.54) is 24.1 Å². The number of hydrogen-bond donors (Lipinski definition) is 2. The van der Waals surface area contributed by atoms with E-state index in [9.17, 15) is 0 Å². The standard InChI is InChI=1S/C14H17N5/c1-2-7-19(6-1)14-12-10(11-4-3-5-15-11)8-16-13(12)17-9-18-14/h4,8-9,15H,1-3,5-7H2,(H,16,17,18). The zero-order valence-electron chi connectivity index (χ0n) is 10.8. The van der Waals surface area contributed by atoms with Gasteiger partial charge in [0.05, 0.1) is 5.39 Å². The number of hydrogen-bond acceptors (Lipinski definition) is 4. The second kappa shape index (κ2) is 4.26. The Labute approximate surface area is 111 Å². The largest absolute Gasteiger partial charge is 0.384 e. The summed E-state index contributed by atoms with van der Waals surface area (Å²) in [5, 5.41) is 4.59. The van der Waals surface area contributed by atoms with Crippen molar-refractivity contribution in [2.75, 3.05) is 24.5 Å². The summed E-state index contributed by atoms with van der Waals surface area (Å²) in [5.41, 5.74) is 3.35. The topological polar surface area (TPSA) is 56.8 Å². The number of rotatable bonds is 2. The predicted molar refractivity (Wildman–Crippen MR) is 75.9 cm³/mol. The number of nitrogens with zero attached hydrogens (tertiary/aromatic N) is 3. The van der Waals surface area contributed by atoms with E-state index in [-0.39, 0.29) is 0 Å². The molecule has 5 nitrogen and oxygen atoms in total. The van der Waals surface area contributed by atoms with Crippen LogP contribution in [-0.4, -0.2) is 34.6 Å². The molecule has 0 bridgehead atoms. The molecule has 0 aliphatic carbocycles. The lowest BCUT2D eigenvalue weighted by molar-refractivity contribution is 0.927. The Morgan fingerprint density at radius 3 is 2.84 bits per heavy atom. The second-order valence-electron chi connectivity index (χ2n) is 5.15. The third-order valence-corrected chi connectivity index (χ3v) is 3.95. The molecule has 4 heterocycles. The van der Waals surface area contributed by atoms with Crippen molar-refractivity contribution in [2.24, 2.45) is 0 Å². The van der Waals surface area contributed by atoms with Gasteiger partial charge in [0.25, 0.3) is 0 Å². The minimum absolute atomic E-state index is 0.932. The van der Waals surface area contributed by atoms with Crippen LogP contribution >= 0.6 is 0 Å². The summed E-state index contributed by atoms with van der Waals surface area (Å²) in [5.74, 6) is 1.08. The number of H-pyrrole nitrogens is 1. The van der Waals surface area contributed by atoms with E-state index < -0.39 is 0 Å². The number of anilines is 1. The van der Waals surface area contributed by atoms with Crippen LogP contribution in [0.5, 0.6) is 0 Å². The molecule has 98 valence electrons. The highest BCUT2D eigenvalue weighted by Crippen LogP contribution is 2.32. The van der Waals surface area contributed by atoms with Crippen molar-refractivity contribution in [3.63, 3.8) is 0 Å². The Balaban J connectivity index is 1.90. The molecule has 1 saturated heterocycles. The Morgan fingerprint density at radius 1 is 1.16 bits per heavy atom. The molecule has 0 amide bonds. The molecule has 4 rings (SSSR count). The molecule has 2 aliphatic rings. The van der Waals surface area contributed by atoms with E-state index in [0.29, 0.717) is 0 Å². The first kappa shape index (κ1) is 10.8. The average molecular weight is 255 g/mol. The number of nitrogens with one attached hydrogen (secondary N) is 2. The molecule has 0 unspecified atom stereocenters. The molecule has 0 saturated carbocycles. The Morgan fingerprint density at radius 2 is 2.05 bits per heavy atom. The van der Waals surface area contributed by atoms with E-state index in [1.54, 1.807) is 6.33 Å². The van der Waals surface area contributed by atoms with Gasteiger partial charge in [-0.05, 0) is 19.3 Å². The van der Waals surface area contributed by atoms with Gasteiger partial charge in [0.15, 0.2) is 0 Å². The van der Waals surface area contributed by atoms with Gasteiger partial charge in [-0.15, -0.1) is 0 Å². The summed E-state index contributed by atoms with van der Waals surface area (Å²) >= 11 is 0. The zero-order valence-corrected chi connectivity index (χ0v) is 10.8. The third kappa shape index (κ3) is 1.69. The van der Waals surface area contributed by atoms with E-state index in [0.717, 1.165) is 42.9 Å². The minimum Gasteiger partial charge on any atom is -0.384 e. The molecule has 5 heteroatoms. The molecule has 1 fully saturated rings. The number of fused-ring (bicyclic) bond motifs is 1. The molecule has 2 aliphatic heterocycles. The first-order valence-corrected chi connectivity index (χ1v) is 6.95. The van der Waals surface area contributed by atoms with Crippen molar-refractivity contribution in [1.82, 2.24) is 20.3 Å². The van der Waals surface area contributed by atoms with Gasteiger partial charge in [0, 0.05) is 37.1 Å². The van der Waals surface area contributed by atoms with Crippen LogP contribution < -0.4 is 10.2 Å². The quantitative estimate of drug-likeness (QED) is 0.860. The molecule has 0 atom stereocenters. The van der Waals surface area contributed by atoms with Crippen LogP contribution in [0.15, 0.2) is 18.6 Å². The SMILES string of the molecule is C1=C(c2c[nH]c3ncnc(N4CCCC4)c23)NCC1. The third-order valence-electron chi connectivity index (χ3n) is 3.95. The molecule has 0 aromatic carbocycles. The molecular formula is C14H17N5. The molecule has 2 N–H and O–H groups in total. The van der Waals surface area contributed by atoms with Crippen molar-refractivity contribution in [2.45, 2.75) is 19.3 Å². The van der Waals surface area contributed by atoms with E-state index in [2.05, 4.69) is 31.2 Å². The van der Waals surface area contributed by atoms with Gasteiger partial charge in [-0.25, -0.2) is 9.97 Å². The van der Waals surface area contributed by atoms with Crippen LogP contribution in [0.4, 0.5) is 5.82 Å². The van der Waals surface area contributed by atoms with Crippen LogP contribution in [0.25, 0.3) is 16.7 Å². The lowest BCUT2D eigenvalue weighted by atomic mass is 10.1. The van der Waals surface area contributed by atoms with Crippen molar-refractivity contribution < 1.29 is 0 Å². The highest BCUT2D eigenvalue weighted by molar-refractivity contribution is 5.98. The van der Waals surface area contributed by atoms with Gasteiger partial charge in [-0.3, -0.25) is 0 Å². The van der Waals surface area contributed by atoms with Crippen molar-refractivity contribution >= 4 is 22.5 Å². The molecule has 0 radical (unpaired) electrons. The Bertz CT molecular complexity index is 636. The molecule has 19 heavy (non-hydrogen) atoms.